The Morgan fingerprint density at radius 2 is 1.65 bits per heavy atom. The summed E-state index contributed by atoms with van der Waals surface area (Å²) < 4.78 is 6.32. The van der Waals surface area contributed by atoms with Gasteiger partial charge in [-0.05, 0) is 30.4 Å². The summed E-state index contributed by atoms with van der Waals surface area (Å²) in [7, 11) is 0. The minimum Gasteiger partial charge on any atom is -0.487 e. The van der Waals surface area contributed by atoms with Crippen LogP contribution in [0.5, 0.6) is 5.75 Å². The Hall–Kier alpha value is -0.980. The summed E-state index contributed by atoms with van der Waals surface area (Å²) in [4.78, 5) is 0. The van der Waals surface area contributed by atoms with Gasteiger partial charge >= 0.3 is 0 Å². The number of fused-ring (bicyclic) bond motifs is 1. The molecule has 1 heterocycles. The molecular weight excluding hydrogens is 208 g/mol. The zero-order valence-electron chi connectivity index (χ0n) is 11.9. The maximum absolute atomic E-state index is 6.32. The van der Waals surface area contributed by atoms with Crippen molar-refractivity contribution in [1.82, 2.24) is 0 Å². The first-order valence-electron chi connectivity index (χ1n) is 6.44. The second-order valence-corrected chi connectivity index (χ2v) is 7.14. The zero-order valence-corrected chi connectivity index (χ0v) is 11.9. The zero-order chi connectivity index (χ0) is 12.9. The summed E-state index contributed by atoms with van der Waals surface area (Å²) in [5.41, 5.74) is 1.54. The maximum atomic E-state index is 6.32. The number of benzene rings is 1. The fourth-order valence-electron chi connectivity index (χ4n) is 2.75. The molecule has 1 heteroatoms. The smallest absolute Gasteiger partial charge is 0.123 e. The lowest BCUT2D eigenvalue weighted by Gasteiger charge is -2.50. The lowest BCUT2D eigenvalue weighted by molar-refractivity contribution is -0.0528. The maximum Gasteiger partial charge on any atom is 0.123 e. The molecule has 0 spiro atoms. The molecule has 2 rings (SSSR count). The Labute approximate surface area is 105 Å². The molecule has 1 aliphatic heterocycles. The third kappa shape index (κ3) is 1.96. The first kappa shape index (κ1) is 12.5. The van der Waals surface area contributed by atoms with Crippen molar-refractivity contribution in [1.29, 1.82) is 0 Å². The van der Waals surface area contributed by atoms with Crippen molar-refractivity contribution in [3.63, 3.8) is 0 Å². The number of hydrogen-bond acceptors (Lipinski definition) is 1. The Morgan fingerprint density at radius 3 is 2.24 bits per heavy atom. The van der Waals surface area contributed by atoms with E-state index < -0.39 is 0 Å². The van der Waals surface area contributed by atoms with Gasteiger partial charge < -0.3 is 4.74 Å². The lowest BCUT2D eigenvalue weighted by Crippen LogP contribution is -2.52. The highest BCUT2D eigenvalue weighted by Crippen LogP contribution is 2.50. The van der Waals surface area contributed by atoms with Crippen LogP contribution in [0, 0.1) is 5.41 Å². The van der Waals surface area contributed by atoms with Crippen LogP contribution in [0.4, 0.5) is 0 Å². The second-order valence-electron chi connectivity index (χ2n) is 7.14. The molecule has 0 saturated carbocycles. The molecule has 1 aliphatic rings. The fourth-order valence-corrected chi connectivity index (χ4v) is 2.75. The molecule has 94 valence electrons. The van der Waals surface area contributed by atoms with Gasteiger partial charge in [0.15, 0.2) is 0 Å². The van der Waals surface area contributed by atoms with Crippen LogP contribution in [0.3, 0.4) is 0 Å². The first-order chi connectivity index (χ1) is 7.66. The van der Waals surface area contributed by atoms with E-state index in [1.165, 1.54) is 5.56 Å². The number of hydrogen-bond donors (Lipinski definition) is 0. The van der Waals surface area contributed by atoms with Gasteiger partial charge in [-0.15, -0.1) is 0 Å². The van der Waals surface area contributed by atoms with Crippen LogP contribution in [-0.4, -0.2) is 5.60 Å². The largest absolute Gasteiger partial charge is 0.487 e. The Bertz CT molecular complexity index is 425. The molecule has 1 atom stereocenters. The molecule has 0 bridgehead atoms. The number of rotatable bonds is 0. The van der Waals surface area contributed by atoms with Crippen LogP contribution >= 0.6 is 0 Å². The summed E-state index contributed by atoms with van der Waals surface area (Å²) >= 11 is 0. The summed E-state index contributed by atoms with van der Waals surface area (Å²) in [6, 6.07) is 8.45. The molecule has 0 saturated heterocycles. The normalized spacial score (nSPS) is 27.2. The molecule has 0 fully saturated rings. The minimum atomic E-state index is -0.106. The SMILES string of the molecule is CC1(C)CC(C)(C(C)(C)C)Oc2ccccc21. The Balaban J connectivity index is 2.51. The van der Waals surface area contributed by atoms with Crippen molar-refractivity contribution in [2.24, 2.45) is 5.41 Å². The highest BCUT2D eigenvalue weighted by Gasteiger charge is 2.48. The minimum absolute atomic E-state index is 0.106. The van der Waals surface area contributed by atoms with Crippen molar-refractivity contribution < 1.29 is 4.74 Å². The Morgan fingerprint density at radius 1 is 1.06 bits per heavy atom. The molecule has 0 amide bonds. The molecule has 1 aromatic carbocycles. The molecular formula is C16H24O. The van der Waals surface area contributed by atoms with Crippen LogP contribution in [0.25, 0.3) is 0 Å². The van der Waals surface area contributed by atoms with Crippen molar-refractivity contribution in [3.8, 4) is 5.75 Å². The van der Waals surface area contributed by atoms with Gasteiger partial charge in [0.1, 0.15) is 11.4 Å². The average Bonchev–Trinajstić information content (AvgIpc) is 2.14. The monoisotopic (exact) mass is 232 g/mol. The summed E-state index contributed by atoms with van der Waals surface area (Å²) in [6.45, 7) is 13.7. The molecule has 0 N–H and O–H groups in total. The van der Waals surface area contributed by atoms with Crippen LogP contribution < -0.4 is 4.74 Å². The molecule has 0 aromatic heterocycles. The topological polar surface area (TPSA) is 9.23 Å². The molecule has 1 nitrogen and oxygen atoms in total. The van der Waals surface area contributed by atoms with Gasteiger partial charge in [-0.2, -0.15) is 0 Å². The van der Waals surface area contributed by atoms with Crippen LogP contribution in [-0.2, 0) is 5.41 Å². The van der Waals surface area contributed by atoms with Crippen molar-refractivity contribution in [2.75, 3.05) is 0 Å². The predicted molar refractivity (Wildman–Crippen MR) is 72.6 cm³/mol. The van der Waals surface area contributed by atoms with Crippen molar-refractivity contribution in [3.05, 3.63) is 29.8 Å². The summed E-state index contributed by atoms with van der Waals surface area (Å²) in [5.74, 6) is 1.06. The molecule has 17 heavy (non-hydrogen) atoms. The molecule has 0 radical (unpaired) electrons. The third-order valence-electron chi connectivity index (χ3n) is 4.32. The van der Waals surface area contributed by atoms with Gasteiger partial charge in [0, 0.05) is 5.41 Å². The number of para-hydroxylation sites is 1. The van der Waals surface area contributed by atoms with E-state index in [2.05, 4.69) is 65.8 Å². The van der Waals surface area contributed by atoms with Gasteiger partial charge in [0.25, 0.3) is 0 Å². The molecule has 1 unspecified atom stereocenters. The molecule has 1 aromatic rings. The fraction of sp³-hybridized carbons (Fsp3) is 0.625. The number of ether oxygens (including phenoxy) is 1. The van der Waals surface area contributed by atoms with Crippen LogP contribution in [0.2, 0.25) is 0 Å². The standard InChI is InChI=1S/C16H24O/c1-14(2,3)16(6)11-15(4,5)12-9-7-8-10-13(12)17-16/h7-10H,11H2,1-6H3. The highest BCUT2D eigenvalue weighted by atomic mass is 16.5. The van der Waals surface area contributed by atoms with E-state index in [9.17, 15) is 0 Å². The van der Waals surface area contributed by atoms with E-state index in [0.29, 0.717) is 0 Å². The van der Waals surface area contributed by atoms with Gasteiger partial charge in [0.2, 0.25) is 0 Å². The third-order valence-corrected chi connectivity index (χ3v) is 4.32. The van der Waals surface area contributed by atoms with Gasteiger partial charge in [-0.3, -0.25) is 0 Å². The predicted octanol–water partition coefficient (Wildman–Crippen LogP) is 4.55. The van der Waals surface area contributed by atoms with Gasteiger partial charge in [-0.1, -0.05) is 52.8 Å². The summed E-state index contributed by atoms with van der Waals surface area (Å²) in [6.07, 6.45) is 1.06. The van der Waals surface area contributed by atoms with Crippen molar-refractivity contribution in [2.45, 2.75) is 59.0 Å². The molecule has 0 aliphatic carbocycles. The van der Waals surface area contributed by atoms with Gasteiger partial charge in [-0.25, -0.2) is 0 Å². The van der Waals surface area contributed by atoms with Crippen LogP contribution in [0.15, 0.2) is 24.3 Å². The van der Waals surface area contributed by atoms with E-state index in [-0.39, 0.29) is 16.4 Å². The first-order valence-corrected chi connectivity index (χ1v) is 6.44. The van der Waals surface area contributed by atoms with Gasteiger partial charge in [0.05, 0.1) is 0 Å². The quantitative estimate of drug-likeness (QED) is 0.637. The Kier molecular flexibility index (Phi) is 2.57. The second kappa shape index (κ2) is 3.51. The van der Waals surface area contributed by atoms with Crippen LogP contribution in [0.1, 0.15) is 53.5 Å². The van der Waals surface area contributed by atoms with E-state index in [0.717, 1.165) is 12.2 Å². The van der Waals surface area contributed by atoms with E-state index in [4.69, 9.17) is 4.74 Å². The van der Waals surface area contributed by atoms with E-state index in [1.54, 1.807) is 0 Å². The van der Waals surface area contributed by atoms with E-state index >= 15 is 0 Å². The highest BCUT2D eigenvalue weighted by molar-refractivity contribution is 5.42. The average molecular weight is 232 g/mol. The van der Waals surface area contributed by atoms with Crippen molar-refractivity contribution >= 4 is 0 Å². The lowest BCUT2D eigenvalue weighted by atomic mass is 9.65. The van der Waals surface area contributed by atoms with E-state index in [1.807, 2.05) is 0 Å². The summed E-state index contributed by atoms with van der Waals surface area (Å²) in [5, 5.41) is 0.